The van der Waals surface area contributed by atoms with Gasteiger partial charge in [-0.2, -0.15) is 0 Å². The number of Topliss-reactive ketones (excluding diaryl/α,β-unsaturated/α-hetero) is 1. The van der Waals surface area contributed by atoms with Crippen molar-refractivity contribution in [1.29, 1.82) is 0 Å². The van der Waals surface area contributed by atoms with Crippen molar-refractivity contribution >= 4 is 11.5 Å². The number of aliphatic imine (C=N–C) groups is 1. The van der Waals surface area contributed by atoms with Gasteiger partial charge in [0.15, 0.2) is 11.5 Å². The summed E-state index contributed by atoms with van der Waals surface area (Å²) in [5.74, 6) is 0.867. The highest BCUT2D eigenvalue weighted by molar-refractivity contribution is 6.17. The van der Waals surface area contributed by atoms with Gasteiger partial charge in [-0.1, -0.05) is 42.0 Å². The summed E-state index contributed by atoms with van der Waals surface area (Å²) in [6.45, 7) is 5.84. The first-order chi connectivity index (χ1) is 10.4. The average molecular weight is 293 g/mol. The first-order valence-corrected chi connectivity index (χ1v) is 7.42. The third-order valence-corrected chi connectivity index (χ3v) is 3.63. The van der Waals surface area contributed by atoms with Gasteiger partial charge in [0.1, 0.15) is 5.75 Å². The van der Waals surface area contributed by atoms with Gasteiger partial charge in [-0.05, 0) is 32.9 Å². The first-order valence-electron chi connectivity index (χ1n) is 7.42. The lowest BCUT2D eigenvalue weighted by molar-refractivity contribution is 0.0994. The summed E-state index contributed by atoms with van der Waals surface area (Å²) in [6, 6.07) is 15.3. The van der Waals surface area contributed by atoms with Crippen LogP contribution in [0.4, 0.5) is 0 Å². The number of aryl methyl sites for hydroxylation is 1. The molecule has 0 amide bonds. The molecule has 3 heteroatoms. The van der Waals surface area contributed by atoms with Crippen molar-refractivity contribution < 1.29 is 9.53 Å². The molecule has 3 nitrogen and oxygen atoms in total. The first kappa shape index (κ1) is 14.5. The Morgan fingerprint density at radius 2 is 1.86 bits per heavy atom. The number of hydrogen-bond acceptors (Lipinski definition) is 3. The molecule has 0 spiro atoms. The zero-order valence-corrected chi connectivity index (χ0v) is 13.1. The highest BCUT2D eigenvalue weighted by atomic mass is 16.5. The molecule has 1 heterocycles. The number of carbonyl (C=O) groups excluding carboxylic acids is 1. The highest BCUT2D eigenvalue weighted by Crippen LogP contribution is 2.32. The molecule has 0 aliphatic carbocycles. The van der Waals surface area contributed by atoms with Crippen molar-refractivity contribution in [2.75, 3.05) is 0 Å². The fourth-order valence-corrected chi connectivity index (χ4v) is 2.65. The average Bonchev–Trinajstić information content (AvgIpc) is 2.48. The summed E-state index contributed by atoms with van der Waals surface area (Å²) in [7, 11) is 0. The minimum Gasteiger partial charge on any atom is -0.466 e. The van der Waals surface area contributed by atoms with Gasteiger partial charge in [0.2, 0.25) is 0 Å². The van der Waals surface area contributed by atoms with E-state index in [4.69, 9.17) is 4.74 Å². The van der Waals surface area contributed by atoms with Crippen LogP contribution in [0.1, 0.15) is 41.8 Å². The van der Waals surface area contributed by atoms with Crippen LogP contribution in [-0.4, -0.2) is 17.2 Å². The number of carbonyl (C=O) groups is 1. The van der Waals surface area contributed by atoms with Crippen LogP contribution < -0.4 is 4.74 Å². The van der Waals surface area contributed by atoms with E-state index >= 15 is 0 Å². The lowest BCUT2D eigenvalue weighted by Crippen LogP contribution is -2.32. The van der Waals surface area contributed by atoms with Gasteiger partial charge in [-0.25, -0.2) is 4.99 Å². The molecule has 1 aliphatic rings. The van der Waals surface area contributed by atoms with Gasteiger partial charge in [0.25, 0.3) is 0 Å². The van der Waals surface area contributed by atoms with Gasteiger partial charge in [0.05, 0.1) is 12.1 Å². The molecule has 0 N–H and O–H groups in total. The Morgan fingerprint density at radius 3 is 2.59 bits per heavy atom. The van der Waals surface area contributed by atoms with Crippen LogP contribution in [0.3, 0.4) is 0 Å². The molecule has 2 aromatic rings. The zero-order chi connectivity index (χ0) is 15.7. The number of nitrogens with zero attached hydrogens (tertiary/aromatic N) is 1. The van der Waals surface area contributed by atoms with E-state index in [1.165, 1.54) is 0 Å². The fraction of sp³-hybridized carbons (Fsp3) is 0.263. The molecule has 0 saturated carbocycles. The highest BCUT2D eigenvalue weighted by Gasteiger charge is 2.29. The Labute approximate surface area is 130 Å². The normalized spacial score (nSPS) is 15.5. The largest absolute Gasteiger partial charge is 0.466 e. The zero-order valence-electron chi connectivity index (χ0n) is 13.1. The van der Waals surface area contributed by atoms with E-state index in [0.29, 0.717) is 5.56 Å². The second kappa shape index (κ2) is 5.41. The van der Waals surface area contributed by atoms with Gasteiger partial charge in [-0.15, -0.1) is 0 Å². The van der Waals surface area contributed by atoms with E-state index in [9.17, 15) is 4.79 Å². The Balaban J connectivity index is 1.96. The van der Waals surface area contributed by atoms with Crippen molar-refractivity contribution in [2.24, 2.45) is 4.99 Å². The fourth-order valence-electron chi connectivity index (χ4n) is 2.65. The van der Waals surface area contributed by atoms with Crippen LogP contribution in [0, 0.1) is 6.92 Å². The van der Waals surface area contributed by atoms with Crippen LogP contribution in [0.15, 0.2) is 53.5 Å². The van der Waals surface area contributed by atoms with E-state index in [1.54, 1.807) is 0 Å². The predicted octanol–water partition coefficient (Wildman–Crippen LogP) is 4.19. The summed E-state index contributed by atoms with van der Waals surface area (Å²) in [4.78, 5) is 17.1. The molecule has 0 radical (unpaired) electrons. The Hall–Kier alpha value is -2.42. The summed E-state index contributed by atoms with van der Waals surface area (Å²) in [5.41, 5.74) is 2.91. The number of rotatable bonds is 3. The van der Waals surface area contributed by atoms with Gasteiger partial charge in [0, 0.05) is 11.1 Å². The van der Waals surface area contributed by atoms with E-state index < -0.39 is 5.72 Å². The minimum absolute atomic E-state index is 0.0736. The molecule has 0 fully saturated rings. The van der Waals surface area contributed by atoms with Crippen molar-refractivity contribution in [3.8, 4) is 5.75 Å². The molecule has 0 bridgehead atoms. The van der Waals surface area contributed by atoms with Crippen LogP contribution >= 0.6 is 0 Å². The smallest absolute Gasteiger partial charge is 0.194 e. The van der Waals surface area contributed by atoms with Crippen LogP contribution in [0.5, 0.6) is 5.75 Å². The predicted molar refractivity (Wildman–Crippen MR) is 87.8 cm³/mol. The molecule has 1 aliphatic heterocycles. The van der Waals surface area contributed by atoms with E-state index in [-0.39, 0.29) is 12.2 Å². The Bertz CT molecular complexity index is 745. The number of fused-ring (bicyclic) bond motifs is 1. The molecular formula is C19H19NO2. The SMILES string of the molecule is Cc1ccc2c(c1)C(CC(=O)c1ccccc1)=NC(C)(C)O2. The topological polar surface area (TPSA) is 38.7 Å². The maximum atomic E-state index is 12.5. The maximum absolute atomic E-state index is 12.5. The van der Waals surface area contributed by atoms with E-state index in [1.807, 2.05) is 69.3 Å². The van der Waals surface area contributed by atoms with Crippen molar-refractivity contribution in [2.45, 2.75) is 32.9 Å². The monoisotopic (exact) mass is 293 g/mol. The Kier molecular flexibility index (Phi) is 3.57. The molecule has 112 valence electrons. The van der Waals surface area contributed by atoms with E-state index in [2.05, 4.69) is 4.99 Å². The number of ether oxygens (including phenoxy) is 1. The van der Waals surface area contributed by atoms with Gasteiger partial charge < -0.3 is 4.74 Å². The molecular weight excluding hydrogens is 274 g/mol. The molecule has 0 unspecified atom stereocenters. The summed E-state index contributed by atoms with van der Waals surface area (Å²) >= 11 is 0. The quantitative estimate of drug-likeness (QED) is 0.796. The third-order valence-electron chi connectivity index (χ3n) is 3.63. The van der Waals surface area contributed by atoms with Crippen LogP contribution in [0.25, 0.3) is 0 Å². The van der Waals surface area contributed by atoms with Gasteiger partial charge in [-0.3, -0.25) is 4.79 Å². The van der Waals surface area contributed by atoms with Crippen molar-refractivity contribution in [3.63, 3.8) is 0 Å². The molecule has 0 aromatic heterocycles. The second-order valence-electron chi connectivity index (χ2n) is 6.07. The summed E-state index contributed by atoms with van der Waals surface area (Å²) in [6.07, 6.45) is 0.285. The lowest BCUT2D eigenvalue weighted by Gasteiger charge is -2.30. The van der Waals surface area contributed by atoms with Gasteiger partial charge >= 0.3 is 0 Å². The number of benzene rings is 2. The van der Waals surface area contributed by atoms with Crippen LogP contribution in [0.2, 0.25) is 0 Å². The summed E-state index contributed by atoms with van der Waals surface area (Å²) < 4.78 is 5.89. The standard InChI is InChI=1S/C19H19NO2/c1-13-9-10-18-15(11-13)16(20-19(2,3)22-18)12-17(21)14-7-5-4-6-8-14/h4-11H,12H2,1-3H3. The van der Waals surface area contributed by atoms with Crippen molar-refractivity contribution in [1.82, 2.24) is 0 Å². The molecule has 0 atom stereocenters. The van der Waals surface area contributed by atoms with Crippen LogP contribution in [-0.2, 0) is 0 Å². The molecule has 3 rings (SSSR count). The van der Waals surface area contributed by atoms with Crippen molar-refractivity contribution in [3.05, 3.63) is 65.2 Å². The number of ketones is 1. The van der Waals surface area contributed by atoms with E-state index in [0.717, 1.165) is 22.6 Å². The lowest BCUT2D eigenvalue weighted by atomic mass is 9.97. The Morgan fingerprint density at radius 1 is 1.14 bits per heavy atom. The summed E-state index contributed by atoms with van der Waals surface area (Å²) in [5, 5.41) is 0. The molecule has 0 saturated heterocycles. The number of hydrogen-bond donors (Lipinski definition) is 0. The maximum Gasteiger partial charge on any atom is 0.194 e. The molecule has 22 heavy (non-hydrogen) atoms. The third kappa shape index (κ3) is 2.93. The molecule has 2 aromatic carbocycles. The minimum atomic E-state index is -0.644. The second-order valence-corrected chi connectivity index (χ2v) is 6.07.